The van der Waals surface area contributed by atoms with Crippen LogP contribution in [0.3, 0.4) is 0 Å². The number of hydrogen-bond acceptors (Lipinski definition) is 2. The third kappa shape index (κ3) is 3.90. The van der Waals surface area contributed by atoms with Crippen LogP contribution in [0, 0.1) is 0 Å². The fourth-order valence-corrected chi connectivity index (χ4v) is 2.17. The Hall–Kier alpha value is -0.730. The molecular weight excluding hydrogens is 232 g/mol. The van der Waals surface area contributed by atoms with E-state index in [9.17, 15) is 0 Å². The van der Waals surface area contributed by atoms with Crippen LogP contribution in [0.2, 0.25) is 5.02 Å². The smallest absolute Gasteiger partial charge is 0.0642 e. The minimum atomic E-state index is 0.0345. The van der Waals surface area contributed by atoms with Crippen LogP contribution in [0.25, 0.3) is 0 Å². The zero-order valence-electron chi connectivity index (χ0n) is 11.0. The Balaban J connectivity index is 2.88. The van der Waals surface area contributed by atoms with Gasteiger partial charge in [0.25, 0.3) is 0 Å². The fraction of sp³-hybridized carbons (Fsp3) is 0.571. The molecule has 0 aliphatic carbocycles. The van der Waals surface area contributed by atoms with E-state index < -0.39 is 0 Å². The lowest BCUT2D eigenvalue weighted by atomic mass is 10.1. The summed E-state index contributed by atoms with van der Waals surface area (Å²) in [6.07, 6.45) is 2.39. The minimum absolute atomic E-state index is 0.0345. The molecule has 0 radical (unpaired) electrons. The first-order valence-electron chi connectivity index (χ1n) is 6.40. The lowest BCUT2D eigenvalue weighted by molar-refractivity contribution is 0.731. The average molecular weight is 255 g/mol. The predicted molar refractivity (Wildman–Crippen MR) is 76.8 cm³/mol. The van der Waals surface area contributed by atoms with Gasteiger partial charge in [0.05, 0.1) is 10.7 Å². The summed E-state index contributed by atoms with van der Waals surface area (Å²) in [7, 11) is 0. The highest BCUT2D eigenvalue weighted by Crippen LogP contribution is 2.28. The summed E-state index contributed by atoms with van der Waals surface area (Å²) < 4.78 is 0. The van der Waals surface area contributed by atoms with Gasteiger partial charge >= 0.3 is 0 Å². The number of nitrogens with two attached hydrogens (primary N) is 1. The van der Waals surface area contributed by atoms with Gasteiger partial charge in [0.2, 0.25) is 0 Å². The van der Waals surface area contributed by atoms with Gasteiger partial charge in [-0.15, -0.1) is 0 Å². The highest BCUT2D eigenvalue weighted by Gasteiger charge is 2.10. The van der Waals surface area contributed by atoms with Gasteiger partial charge in [0.1, 0.15) is 0 Å². The molecule has 3 heteroatoms. The highest BCUT2D eigenvalue weighted by molar-refractivity contribution is 6.33. The molecule has 2 N–H and O–H groups in total. The second-order valence-corrected chi connectivity index (χ2v) is 4.84. The van der Waals surface area contributed by atoms with Crippen molar-refractivity contribution in [2.45, 2.75) is 39.7 Å². The third-order valence-corrected chi connectivity index (χ3v) is 3.30. The molecule has 0 saturated heterocycles. The maximum absolute atomic E-state index is 6.33. The van der Waals surface area contributed by atoms with Crippen LogP contribution in [0.4, 0.5) is 5.69 Å². The molecule has 0 heterocycles. The molecule has 0 aliphatic heterocycles. The van der Waals surface area contributed by atoms with E-state index in [0.717, 1.165) is 29.4 Å². The number of hydrogen-bond donors (Lipinski definition) is 1. The second-order valence-electron chi connectivity index (χ2n) is 4.43. The number of benzene rings is 1. The maximum atomic E-state index is 6.33. The normalized spacial score (nSPS) is 12.5. The molecule has 0 aromatic heterocycles. The van der Waals surface area contributed by atoms with Gasteiger partial charge in [-0.3, -0.25) is 0 Å². The molecule has 0 spiro atoms. The summed E-state index contributed by atoms with van der Waals surface area (Å²) in [5, 5.41) is 0.803. The minimum Gasteiger partial charge on any atom is -0.371 e. The maximum Gasteiger partial charge on any atom is 0.0642 e. The fourth-order valence-electron chi connectivity index (χ4n) is 1.86. The largest absolute Gasteiger partial charge is 0.371 e. The molecule has 1 atom stereocenters. The van der Waals surface area contributed by atoms with Crippen LogP contribution in [-0.2, 0) is 0 Å². The molecule has 0 aliphatic rings. The van der Waals surface area contributed by atoms with Gasteiger partial charge in [-0.25, -0.2) is 0 Å². The molecule has 1 aromatic carbocycles. The van der Waals surface area contributed by atoms with Gasteiger partial charge in [0.15, 0.2) is 0 Å². The van der Waals surface area contributed by atoms with Crippen LogP contribution in [0.15, 0.2) is 18.2 Å². The lowest BCUT2D eigenvalue weighted by Crippen LogP contribution is -2.24. The Morgan fingerprint density at radius 2 is 2.06 bits per heavy atom. The molecule has 0 saturated carbocycles. The van der Waals surface area contributed by atoms with E-state index in [4.69, 9.17) is 17.3 Å². The monoisotopic (exact) mass is 254 g/mol. The van der Waals surface area contributed by atoms with E-state index in [0.29, 0.717) is 0 Å². The number of nitrogens with zero attached hydrogens (tertiary/aromatic N) is 1. The molecule has 2 nitrogen and oxygen atoms in total. The van der Waals surface area contributed by atoms with Crippen molar-refractivity contribution in [2.24, 2.45) is 5.73 Å². The summed E-state index contributed by atoms with van der Waals surface area (Å²) in [5.74, 6) is 0. The Morgan fingerprint density at radius 3 is 2.53 bits per heavy atom. The zero-order valence-corrected chi connectivity index (χ0v) is 11.8. The Morgan fingerprint density at radius 1 is 1.35 bits per heavy atom. The van der Waals surface area contributed by atoms with Crippen molar-refractivity contribution in [1.82, 2.24) is 0 Å². The van der Waals surface area contributed by atoms with Crippen LogP contribution < -0.4 is 10.6 Å². The molecule has 0 bridgehead atoms. The first kappa shape index (κ1) is 14.3. The van der Waals surface area contributed by atoms with Gasteiger partial charge in [-0.05, 0) is 38.0 Å². The molecule has 1 rings (SSSR count). The molecule has 0 unspecified atom stereocenters. The van der Waals surface area contributed by atoms with Crippen LogP contribution in [0.1, 0.15) is 45.2 Å². The van der Waals surface area contributed by atoms with E-state index >= 15 is 0 Å². The van der Waals surface area contributed by atoms with E-state index in [1.54, 1.807) is 0 Å². The van der Waals surface area contributed by atoms with E-state index in [-0.39, 0.29) is 6.04 Å². The van der Waals surface area contributed by atoms with Crippen molar-refractivity contribution in [2.75, 3.05) is 18.0 Å². The average Bonchev–Trinajstić information content (AvgIpc) is 2.31. The first-order valence-corrected chi connectivity index (χ1v) is 6.77. The Kier molecular flexibility index (Phi) is 5.79. The molecule has 96 valence electrons. The van der Waals surface area contributed by atoms with Crippen LogP contribution >= 0.6 is 11.6 Å². The topological polar surface area (TPSA) is 29.3 Å². The standard InChI is InChI=1S/C14H23ClN2/c1-4-6-9-17(5-2)14-8-7-12(11(3)16)10-13(14)15/h7-8,10-11H,4-6,9,16H2,1-3H3/t11-/m1/s1. The molecule has 17 heavy (non-hydrogen) atoms. The van der Waals surface area contributed by atoms with Crippen molar-refractivity contribution >= 4 is 17.3 Å². The SMILES string of the molecule is CCCCN(CC)c1ccc([C@@H](C)N)cc1Cl. The van der Waals surface area contributed by atoms with Gasteiger partial charge in [0, 0.05) is 19.1 Å². The second kappa shape index (κ2) is 6.87. The van der Waals surface area contributed by atoms with Gasteiger partial charge < -0.3 is 10.6 Å². The van der Waals surface area contributed by atoms with Crippen molar-refractivity contribution in [1.29, 1.82) is 0 Å². The van der Waals surface area contributed by atoms with Gasteiger partial charge in [-0.2, -0.15) is 0 Å². The van der Waals surface area contributed by atoms with E-state index in [2.05, 4.69) is 30.9 Å². The van der Waals surface area contributed by atoms with Crippen LogP contribution in [0.5, 0.6) is 0 Å². The summed E-state index contributed by atoms with van der Waals surface area (Å²) in [5.41, 5.74) is 8.06. The third-order valence-electron chi connectivity index (χ3n) is 3.00. The van der Waals surface area contributed by atoms with Crippen molar-refractivity contribution in [3.05, 3.63) is 28.8 Å². The first-order chi connectivity index (χ1) is 8.10. The van der Waals surface area contributed by atoms with Gasteiger partial charge in [-0.1, -0.05) is 31.0 Å². The van der Waals surface area contributed by atoms with Crippen molar-refractivity contribution in [3.63, 3.8) is 0 Å². The molecule has 0 fully saturated rings. The number of rotatable bonds is 6. The summed E-state index contributed by atoms with van der Waals surface area (Å²) >= 11 is 6.33. The molecule has 0 amide bonds. The van der Waals surface area contributed by atoms with Crippen LogP contribution in [-0.4, -0.2) is 13.1 Å². The lowest BCUT2D eigenvalue weighted by Gasteiger charge is -2.24. The summed E-state index contributed by atoms with van der Waals surface area (Å²) in [6, 6.07) is 6.17. The number of anilines is 1. The predicted octanol–water partition coefficient (Wildman–Crippen LogP) is 3.99. The quantitative estimate of drug-likeness (QED) is 0.832. The summed E-state index contributed by atoms with van der Waals surface area (Å²) in [4.78, 5) is 2.32. The van der Waals surface area contributed by atoms with E-state index in [1.807, 2.05) is 13.0 Å². The zero-order chi connectivity index (χ0) is 12.8. The number of unbranched alkanes of at least 4 members (excludes halogenated alkanes) is 1. The Bertz CT molecular complexity index is 350. The van der Waals surface area contributed by atoms with E-state index in [1.165, 1.54) is 12.8 Å². The highest BCUT2D eigenvalue weighted by atomic mass is 35.5. The molecule has 1 aromatic rings. The number of halogens is 1. The van der Waals surface area contributed by atoms with Crippen molar-refractivity contribution < 1.29 is 0 Å². The Labute approximate surface area is 110 Å². The summed E-state index contributed by atoms with van der Waals surface area (Å²) in [6.45, 7) is 8.38. The van der Waals surface area contributed by atoms with Crippen molar-refractivity contribution in [3.8, 4) is 0 Å². The molecular formula is C14H23ClN2.